The summed E-state index contributed by atoms with van der Waals surface area (Å²) in [5.41, 5.74) is 2.68. The molecule has 3 nitrogen and oxygen atoms in total. The minimum absolute atomic E-state index is 0.674. The highest BCUT2D eigenvalue weighted by Crippen LogP contribution is 2.25. The monoisotopic (exact) mass is 221 g/mol. The summed E-state index contributed by atoms with van der Waals surface area (Å²) in [6, 6.07) is 2.32. The Labute approximate surface area is 98.2 Å². The maximum Gasteiger partial charge on any atom is 0.0659 e. The van der Waals surface area contributed by atoms with E-state index in [1.165, 1.54) is 24.2 Å². The van der Waals surface area contributed by atoms with Crippen LogP contribution in [-0.4, -0.2) is 22.9 Å². The predicted molar refractivity (Wildman–Crippen MR) is 66.6 cm³/mol. The lowest BCUT2D eigenvalue weighted by Gasteiger charge is -2.20. The Kier molecular flexibility index (Phi) is 3.64. The summed E-state index contributed by atoms with van der Waals surface area (Å²) in [6.45, 7) is 6.80. The van der Waals surface area contributed by atoms with Crippen molar-refractivity contribution in [2.75, 3.05) is 13.1 Å². The van der Waals surface area contributed by atoms with Crippen LogP contribution < -0.4 is 5.32 Å². The summed E-state index contributed by atoms with van der Waals surface area (Å²) >= 11 is 0. The number of aryl methyl sites for hydroxylation is 1. The third-order valence-corrected chi connectivity index (χ3v) is 3.37. The van der Waals surface area contributed by atoms with E-state index in [1.807, 2.05) is 0 Å². The molecule has 1 fully saturated rings. The summed E-state index contributed by atoms with van der Waals surface area (Å²) < 4.78 is 2.07. The molecule has 2 rings (SSSR count). The molecular weight excluding hydrogens is 198 g/mol. The van der Waals surface area contributed by atoms with Gasteiger partial charge < -0.3 is 5.32 Å². The van der Waals surface area contributed by atoms with E-state index in [0.29, 0.717) is 11.8 Å². The molecule has 0 radical (unpaired) electrons. The van der Waals surface area contributed by atoms with Gasteiger partial charge in [0.2, 0.25) is 0 Å². The summed E-state index contributed by atoms with van der Waals surface area (Å²) in [7, 11) is 2.07. The van der Waals surface area contributed by atoms with E-state index in [9.17, 15) is 0 Å². The number of nitrogens with zero attached hydrogens (tertiary/aromatic N) is 2. The molecule has 2 heterocycles. The molecule has 0 unspecified atom stereocenters. The van der Waals surface area contributed by atoms with Crippen molar-refractivity contribution in [1.29, 1.82) is 0 Å². The zero-order valence-electron chi connectivity index (χ0n) is 10.7. The van der Waals surface area contributed by atoms with Crippen LogP contribution in [0.25, 0.3) is 0 Å². The molecule has 0 spiro atoms. The molecule has 1 aliphatic rings. The van der Waals surface area contributed by atoms with Gasteiger partial charge in [0, 0.05) is 18.7 Å². The molecule has 0 aromatic carbocycles. The van der Waals surface area contributed by atoms with Gasteiger partial charge in [0.25, 0.3) is 0 Å². The van der Waals surface area contributed by atoms with Gasteiger partial charge in [-0.1, -0.05) is 13.8 Å². The maximum absolute atomic E-state index is 4.68. The lowest BCUT2D eigenvalue weighted by Crippen LogP contribution is -2.26. The zero-order valence-corrected chi connectivity index (χ0v) is 10.7. The quantitative estimate of drug-likeness (QED) is 0.847. The van der Waals surface area contributed by atoms with Crippen molar-refractivity contribution in [2.24, 2.45) is 13.0 Å². The Hall–Kier alpha value is -0.830. The van der Waals surface area contributed by atoms with Crippen LogP contribution in [0.15, 0.2) is 6.07 Å². The predicted octanol–water partition coefficient (Wildman–Crippen LogP) is 2.09. The Morgan fingerprint density at radius 2 is 2.12 bits per heavy atom. The highest BCUT2D eigenvalue weighted by Gasteiger charge is 2.19. The van der Waals surface area contributed by atoms with E-state index < -0.39 is 0 Å². The molecule has 1 saturated heterocycles. The van der Waals surface area contributed by atoms with Crippen molar-refractivity contribution >= 4 is 0 Å². The second kappa shape index (κ2) is 5.00. The first-order valence-corrected chi connectivity index (χ1v) is 6.40. The average Bonchev–Trinajstić information content (AvgIpc) is 2.61. The molecule has 0 saturated carbocycles. The summed E-state index contributed by atoms with van der Waals surface area (Å²) in [5, 5.41) is 8.08. The van der Waals surface area contributed by atoms with Crippen molar-refractivity contribution in [2.45, 2.75) is 39.0 Å². The standard InChI is InChI=1S/C13H23N3/c1-10(2)8-12-9-13(15-16(12)3)11-4-6-14-7-5-11/h9-11,14H,4-8H2,1-3H3. The molecule has 0 bridgehead atoms. The Balaban J connectivity index is 2.09. The minimum atomic E-state index is 0.674. The first-order valence-electron chi connectivity index (χ1n) is 6.40. The smallest absolute Gasteiger partial charge is 0.0659 e. The number of piperidine rings is 1. The molecule has 1 aromatic heterocycles. The lowest BCUT2D eigenvalue weighted by atomic mass is 9.94. The van der Waals surface area contributed by atoms with Crippen LogP contribution in [0.5, 0.6) is 0 Å². The van der Waals surface area contributed by atoms with Gasteiger partial charge in [-0.2, -0.15) is 5.10 Å². The fourth-order valence-electron chi connectivity index (χ4n) is 2.46. The van der Waals surface area contributed by atoms with Crippen LogP contribution in [0.3, 0.4) is 0 Å². The van der Waals surface area contributed by atoms with Crippen LogP contribution in [-0.2, 0) is 13.5 Å². The summed E-state index contributed by atoms with van der Waals surface area (Å²) in [6.07, 6.45) is 3.60. The van der Waals surface area contributed by atoms with E-state index >= 15 is 0 Å². The molecule has 3 heteroatoms. The second-order valence-corrected chi connectivity index (χ2v) is 5.31. The van der Waals surface area contributed by atoms with Crippen LogP contribution in [0.1, 0.15) is 44.0 Å². The summed E-state index contributed by atoms with van der Waals surface area (Å²) in [5.74, 6) is 1.38. The van der Waals surface area contributed by atoms with Gasteiger partial charge in [0.05, 0.1) is 5.69 Å². The van der Waals surface area contributed by atoms with Crippen LogP contribution in [0, 0.1) is 5.92 Å². The van der Waals surface area contributed by atoms with Gasteiger partial charge >= 0.3 is 0 Å². The van der Waals surface area contributed by atoms with Gasteiger partial charge in [-0.3, -0.25) is 4.68 Å². The number of rotatable bonds is 3. The van der Waals surface area contributed by atoms with E-state index in [-0.39, 0.29) is 0 Å². The Morgan fingerprint density at radius 3 is 2.75 bits per heavy atom. The third-order valence-electron chi connectivity index (χ3n) is 3.37. The van der Waals surface area contributed by atoms with Crippen LogP contribution in [0.2, 0.25) is 0 Å². The first kappa shape index (κ1) is 11.6. The van der Waals surface area contributed by atoms with Crippen molar-refractivity contribution in [1.82, 2.24) is 15.1 Å². The highest BCUT2D eigenvalue weighted by molar-refractivity contribution is 5.15. The molecule has 0 atom stereocenters. The van der Waals surface area contributed by atoms with Crippen molar-refractivity contribution < 1.29 is 0 Å². The van der Waals surface area contributed by atoms with Crippen LogP contribution >= 0.6 is 0 Å². The van der Waals surface area contributed by atoms with Crippen molar-refractivity contribution in [3.63, 3.8) is 0 Å². The maximum atomic E-state index is 4.68. The SMILES string of the molecule is CC(C)Cc1cc(C2CCNCC2)nn1C. The first-order chi connectivity index (χ1) is 7.66. The molecule has 1 N–H and O–H groups in total. The van der Waals surface area contributed by atoms with Crippen LogP contribution in [0.4, 0.5) is 0 Å². The van der Waals surface area contributed by atoms with E-state index in [1.54, 1.807) is 0 Å². The average molecular weight is 221 g/mol. The minimum Gasteiger partial charge on any atom is -0.317 e. The van der Waals surface area contributed by atoms with Crippen molar-refractivity contribution in [3.05, 3.63) is 17.5 Å². The Bertz CT molecular complexity index is 335. The number of aromatic nitrogens is 2. The molecule has 90 valence electrons. The number of hydrogen-bond donors (Lipinski definition) is 1. The second-order valence-electron chi connectivity index (χ2n) is 5.31. The molecule has 1 aromatic rings. The normalized spacial score (nSPS) is 18.2. The van der Waals surface area contributed by atoms with Gasteiger partial charge in [-0.25, -0.2) is 0 Å². The topological polar surface area (TPSA) is 29.9 Å². The summed E-state index contributed by atoms with van der Waals surface area (Å²) in [4.78, 5) is 0. The van der Waals surface area contributed by atoms with E-state index in [0.717, 1.165) is 19.5 Å². The lowest BCUT2D eigenvalue weighted by molar-refractivity contribution is 0.449. The number of nitrogens with one attached hydrogen (secondary N) is 1. The Morgan fingerprint density at radius 1 is 1.44 bits per heavy atom. The van der Waals surface area contributed by atoms with E-state index in [2.05, 4.69) is 42.1 Å². The molecule has 0 amide bonds. The fraction of sp³-hybridized carbons (Fsp3) is 0.769. The van der Waals surface area contributed by atoms with Crippen molar-refractivity contribution in [3.8, 4) is 0 Å². The van der Waals surface area contributed by atoms with Gasteiger partial charge in [0.1, 0.15) is 0 Å². The van der Waals surface area contributed by atoms with Gasteiger partial charge in [-0.05, 0) is 44.3 Å². The molecule has 0 aliphatic carbocycles. The third kappa shape index (κ3) is 2.64. The molecule has 16 heavy (non-hydrogen) atoms. The molecular formula is C13H23N3. The van der Waals surface area contributed by atoms with Gasteiger partial charge in [0.15, 0.2) is 0 Å². The highest BCUT2D eigenvalue weighted by atomic mass is 15.3. The zero-order chi connectivity index (χ0) is 11.5. The molecule has 1 aliphatic heterocycles. The van der Waals surface area contributed by atoms with E-state index in [4.69, 9.17) is 0 Å². The largest absolute Gasteiger partial charge is 0.317 e. The fourth-order valence-corrected chi connectivity index (χ4v) is 2.46. The number of hydrogen-bond acceptors (Lipinski definition) is 2. The van der Waals surface area contributed by atoms with Gasteiger partial charge in [-0.15, -0.1) is 0 Å².